The molecular weight excluding hydrogens is 315 g/mol. The Morgan fingerprint density at radius 2 is 1.95 bits per heavy atom. The fraction of sp³-hybridized carbons (Fsp3) is 0.0714. The molecular formula is C14H10Cl2N2O3. The van der Waals surface area contributed by atoms with Crippen LogP contribution in [0.5, 0.6) is 0 Å². The molecule has 0 heterocycles. The zero-order valence-corrected chi connectivity index (χ0v) is 12.4. The Hall–Kier alpha value is -2.11. The number of anilines is 1. The summed E-state index contributed by atoms with van der Waals surface area (Å²) in [4.78, 5) is 22.3. The summed E-state index contributed by atoms with van der Waals surface area (Å²) < 4.78 is 0. The number of carbonyl (C=O) groups is 1. The third-order valence-electron chi connectivity index (χ3n) is 2.83. The first-order valence-electron chi connectivity index (χ1n) is 5.90. The van der Waals surface area contributed by atoms with Crippen LogP contribution < -0.4 is 5.32 Å². The van der Waals surface area contributed by atoms with Gasteiger partial charge in [-0.05, 0) is 36.8 Å². The fourth-order valence-electron chi connectivity index (χ4n) is 1.77. The van der Waals surface area contributed by atoms with Gasteiger partial charge in [-0.1, -0.05) is 29.3 Å². The van der Waals surface area contributed by atoms with Crippen molar-refractivity contribution in [1.29, 1.82) is 0 Å². The minimum Gasteiger partial charge on any atom is -0.322 e. The van der Waals surface area contributed by atoms with Gasteiger partial charge >= 0.3 is 0 Å². The Balaban J connectivity index is 2.30. The van der Waals surface area contributed by atoms with Crippen LogP contribution in [0, 0.1) is 17.0 Å². The molecule has 1 amide bonds. The van der Waals surface area contributed by atoms with E-state index in [-0.39, 0.29) is 16.6 Å². The Kier molecular flexibility index (Phi) is 4.45. The lowest BCUT2D eigenvalue weighted by molar-refractivity contribution is -0.384. The van der Waals surface area contributed by atoms with E-state index >= 15 is 0 Å². The standard InChI is InChI=1S/C14H10Cl2N2O3/c1-8-5-13(18(20)21)11(16)7-12(8)17-14(19)9-3-2-4-10(15)6-9/h2-7H,1H3,(H,17,19). The van der Waals surface area contributed by atoms with Crippen molar-refractivity contribution in [3.05, 3.63) is 67.7 Å². The third-order valence-corrected chi connectivity index (χ3v) is 3.36. The average Bonchev–Trinajstić information content (AvgIpc) is 2.42. The van der Waals surface area contributed by atoms with Gasteiger partial charge in [0.05, 0.1) is 4.92 Å². The van der Waals surface area contributed by atoms with Gasteiger partial charge in [0, 0.05) is 22.3 Å². The van der Waals surface area contributed by atoms with Gasteiger partial charge in [0.1, 0.15) is 5.02 Å². The van der Waals surface area contributed by atoms with Gasteiger partial charge in [0.15, 0.2) is 0 Å². The lowest BCUT2D eigenvalue weighted by Gasteiger charge is -2.09. The van der Waals surface area contributed by atoms with E-state index in [1.807, 2.05) is 0 Å². The Labute approximate surface area is 130 Å². The Morgan fingerprint density at radius 1 is 1.24 bits per heavy atom. The van der Waals surface area contributed by atoms with Crippen molar-refractivity contribution >= 4 is 40.5 Å². The van der Waals surface area contributed by atoms with E-state index in [9.17, 15) is 14.9 Å². The molecule has 0 spiro atoms. The number of aryl methyl sites for hydroxylation is 1. The van der Waals surface area contributed by atoms with Crippen LogP contribution in [0.2, 0.25) is 10.0 Å². The molecule has 2 rings (SSSR count). The number of amides is 1. The average molecular weight is 325 g/mol. The van der Waals surface area contributed by atoms with Gasteiger partial charge in [-0.25, -0.2) is 0 Å². The molecule has 0 aliphatic heterocycles. The summed E-state index contributed by atoms with van der Waals surface area (Å²) >= 11 is 11.7. The number of halogens is 2. The molecule has 0 radical (unpaired) electrons. The number of nitrogens with zero attached hydrogens (tertiary/aromatic N) is 1. The quantitative estimate of drug-likeness (QED) is 0.669. The monoisotopic (exact) mass is 324 g/mol. The molecule has 0 bridgehead atoms. The number of benzene rings is 2. The molecule has 0 aliphatic rings. The van der Waals surface area contributed by atoms with Crippen LogP contribution in [0.25, 0.3) is 0 Å². The van der Waals surface area contributed by atoms with Crippen molar-refractivity contribution in [3.63, 3.8) is 0 Å². The second-order valence-electron chi connectivity index (χ2n) is 4.34. The maximum absolute atomic E-state index is 12.1. The lowest BCUT2D eigenvalue weighted by Crippen LogP contribution is -2.12. The van der Waals surface area contributed by atoms with Gasteiger partial charge in [-0.3, -0.25) is 14.9 Å². The molecule has 0 saturated carbocycles. The van der Waals surface area contributed by atoms with E-state index in [1.165, 1.54) is 18.2 Å². The minimum atomic E-state index is -0.572. The van der Waals surface area contributed by atoms with E-state index < -0.39 is 4.92 Å². The Morgan fingerprint density at radius 3 is 2.57 bits per heavy atom. The van der Waals surface area contributed by atoms with E-state index in [0.717, 1.165) is 0 Å². The van der Waals surface area contributed by atoms with E-state index in [4.69, 9.17) is 23.2 Å². The topological polar surface area (TPSA) is 72.2 Å². The predicted molar refractivity (Wildman–Crippen MR) is 82.2 cm³/mol. The highest BCUT2D eigenvalue weighted by atomic mass is 35.5. The van der Waals surface area contributed by atoms with Crippen LogP contribution in [0.1, 0.15) is 15.9 Å². The first kappa shape index (κ1) is 15.3. The van der Waals surface area contributed by atoms with Crippen molar-refractivity contribution in [1.82, 2.24) is 0 Å². The summed E-state index contributed by atoms with van der Waals surface area (Å²) in [5.41, 5.74) is 1.14. The maximum atomic E-state index is 12.1. The van der Waals surface area contributed by atoms with Crippen LogP contribution in [0.3, 0.4) is 0 Å². The fourth-order valence-corrected chi connectivity index (χ4v) is 2.19. The number of nitro groups is 1. The molecule has 0 aliphatic carbocycles. The van der Waals surface area contributed by atoms with Gasteiger partial charge < -0.3 is 5.32 Å². The molecule has 5 nitrogen and oxygen atoms in total. The Bertz CT molecular complexity index is 732. The number of hydrogen-bond acceptors (Lipinski definition) is 3. The van der Waals surface area contributed by atoms with Crippen LogP contribution in [0.15, 0.2) is 36.4 Å². The molecule has 0 aromatic heterocycles. The normalized spacial score (nSPS) is 10.2. The molecule has 108 valence electrons. The molecule has 7 heteroatoms. The maximum Gasteiger partial charge on any atom is 0.288 e. The molecule has 0 fully saturated rings. The predicted octanol–water partition coefficient (Wildman–Crippen LogP) is 4.46. The molecule has 0 unspecified atom stereocenters. The van der Waals surface area contributed by atoms with E-state index in [0.29, 0.717) is 21.8 Å². The third kappa shape index (κ3) is 3.51. The van der Waals surface area contributed by atoms with E-state index in [2.05, 4.69) is 5.32 Å². The first-order chi connectivity index (χ1) is 9.88. The summed E-state index contributed by atoms with van der Waals surface area (Å²) in [5, 5.41) is 13.9. The van der Waals surface area contributed by atoms with Crippen LogP contribution in [-0.2, 0) is 0 Å². The molecule has 0 atom stereocenters. The smallest absolute Gasteiger partial charge is 0.288 e. The summed E-state index contributed by atoms with van der Waals surface area (Å²) in [7, 11) is 0. The summed E-state index contributed by atoms with van der Waals surface area (Å²) in [6.45, 7) is 1.65. The van der Waals surface area contributed by atoms with Crippen molar-refractivity contribution in [2.45, 2.75) is 6.92 Å². The SMILES string of the molecule is Cc1cc([N+](=O)[O-])c(Cl)cc1NC(=O)c1cccc(Cl)c1. The van der Waals surface area contributed by atoms with Gasteiger partial charge in [-0.2, -0.15) is 0 Å². The number of carbonyl (C=O) groups excluding carboxylic acids is 1. The van der Waals surface area contributed by atoms with Crippen molar-refractivity contribution in [2.24, 2.45) is 0 Å². The molecule has 2 aromatic carbocycles. The highest BCUT2D eigenvalue weighted by Gasteiger charge is 2.16. The summed E-state index contributed by atoms with van der Waals surface area (Å²) in [6.07, 6.45) is 0. The zero-order valence-electron chi connectivity index (χ0n) is 10.9. The number of rotatable bonds is 3. The minimum absolute atomic E-state index is 0.0352. The van der Waals surface area contributed by atoms with E-state index in [1.54, 1.807) is 25.1 Å². The second kappa shape index (κ2) is 6.11. The second-order valence-corrected chi connectivity index (χ2v) is 5.18. The lowest BCUT2D eigenvalue weighted by atomic mass is 10.1. The van der Waals surface area contributed by atoms with Crippen molar-refractivity contribution < 1.29 is 9.72 Å². The molecule has 1 N–H and O–H groups in total. The zero-order chi connectivity index (χ0) is 15.6. The molecule has 2 aromatic rings. The summed E-state index contributed by atoms with van der Waals surface area (Å²) in [5.74, 6) is -0.370. The highest BCUT2D eigenvalue weighted by Crippen LogP contribution is 2.30. The number of nitrogens with one attached hydrogen (secondary N) is 1. The molecule has 0 saturated heterocycles. The van der Waals surface area contributed by atoms with Crippen LogP contribution in [0.4, 0.5) is 11.4 Å². The van der Waals surface area contributed by atoms with Gasteiger partial charge in [0.25, 0.3) is 11.6 Å². The largest absolute Gasteiger partial charge is 0.322 e. The van der Waals surface area contributed by atoms with Crippen LogP contribution in [-0.4, -0.2) is 10.8 Å². The number of nitro benzene ring substituents is 1. The summed E-state index contributed by atoms with van der Waals surface area (Å²) in [6, 6.07) is 9.13. The number of hydrogen-bond donors (Lipinski definition) is 1. The molecule has 21 heavy (non-hydrogen) atoms. The van der Waals surface area contributed by atoms with Crippen molar-refractivity contribution in [3.8, 4) is 0 Å². The van der Waals surface area contributed by atoms with Crippen LogP contribution >= 0.6 is 23.2 Å². The van der Waals surface area contributed by atoms with Crippen molar-refractivity contribution in [2.75, 3.05) is 5.32 Å². The highest BCUT2D eigenvalue weighted by molar-refractivity contribution is 6.33. The van der Waals surface area contributed by atoms with Gasteiger partial charge in [-0.15, -0.1) is 0 Å². The first-order valence-corrected chi connectivity index (χ1v) is 6.65. The van der Waals surface area contributed by atoms with Gasteiger partial charge in [0.2, 0.25) is 0 Å².